The van der Waals surface area contributed by atoms with Crippen LogP contribution in [-0.2, 0) is 12.8 Å². The van der Waals surface area contributed by atoms with Crippen LogP contribution in [0, 0.1) is 0 Å². The summed E-state index contributed by atoms with van der Waals surface area (Å²) in [5.41, 5.74) is 9.01. The first-order valence-corrected chi connectivity index (χ1v) is 7.71. The largest absolute Gasteiger partial charge is 0.370 e. The Morgan fingerprint density at radius 3 is 3.00 bits per heavy atom. The lowest BCUT2D eigenvalue weighted by molar-refractivity contribution is 0.847. The molecule has 0 spiro atoms. The zero-order valence-corrected chi connectivity index (χ0v) is 13.1. The van der Waals surface area contributed by atoms with Crippen molar-refractivity contribution in [3.63, 3.8) is 0 Å². The highest BCUT2D eigenvalue weighted by Gasteiger charge is 2.03. The lowest BCUT2D eigenvalue weighted by Crippen LogP contribution is -2.23. The number of guanidine groups is 1. The average molecular weight is 308 g/mol. The van der Waals surface area contributed by atoms with Crippen molar-refractivity contribution in [2.45, 2.75) is 19.8 Å². The van der Waals surface area contributed by atoms with E-state index in [0.717, 1.165) is 23.6 Å². The van der Waals surface area contributed by atoms with E-state index >= 15 is 0 Å². The van der Waals surface area contributed by atoms with Crippen LogP contribution in [-0.4, -0.2) is 27.1 Å². The van der Waals surface area contributed by atoms with Gasteiger partial charge < -0.3 is 11.1 Å². The van der Waals surface area contributed by atoms with Gasteiger partial charge in [0.2, 0.25) is 0 Å². The number of fused-ring (bicyclic) bond motifs is 1. The molecule has 3 N–H and O–H groups in total. The van der Waals surface area contributed by atoms with Crippen molar-refractivity contribution >= 4 is 17.3 Å². The number of aromatic nitrogens is 3. The van der Waals surface area contributed by atoms with E-state index in [1.54, 1.807) is 0 Å². The fourth-order valence-corrected chi connectivity index (χ4v) is 2.39. The second kappa shape index (κ2) is 6.91. The van der Waals surface area contributed by atoms with Crippen LogP contribution in [0.15, 0.2) is 53.7 Å². The van der Waals surface area contributed by atoms with E-state index in [2.05, 4.69) is 39.6 Å². The molecular weight excluding hydrogens is 288 g/mol. The molecular formula is C17H20N6. The van der Waals surface area contributed by atoms with Crippen molar-refractivity contribution in [3.05, 3.63) is 60.0 Å². The maximum atomic E-state index is 5.95. The number of aryl methyl sites for hydroxylation is 1. The molecule has 6 heteroatoms. The minimum atomic E-state index is 0.409. The maximum Gasteiger partial charge on any atom is 0.193 e. The summed E-state index contributed by atoms with van der Waals surface area (Å²) in [5, 5.41) is 11.4. The van der Waals surface area contributed by atoms with Gasteiger partial charge in [-0.3, -0.25) is 9.39 Å². The monoisotopic (exact) mass is 308 g/mol. The molecule has 0 aliphatic heterocycles. The molecule has 3 aromatic rings. The molecule has 2 aromatic heterocycles. The lowest BCUT2D eigenvalue weighted by Gasteiger charge is -2.07. The summed E-state index contributed by atoms with van der Waals surface area (Å²) in [6, 6.07) is 14.0. The predicted octanol–water partition coefficient (Wildman–Crippen LogP) is 2.26. The van der Waals surface area contributed by atoms with Crippen molar-refractivity contribution in [3.8, 4) is 0 Å². The van der Waals surface area contributed by atoms with Gasteiger partial charge in [-0.2, -0.15) is 0 Å². The van der Waals surface area contributed by atoms with Crippen LogP contribution in [0.3, 0.4) is 0 Å². The van der Waals surface area contributed by atoms with E-state index in [0.29, 0.717) is 18.9 Å². The number of pyridine rings is 1. The first-order valence-electron chi connectivity index (χ1n) is 7.71. The SMILES string of the molecule is CCc1cccc(NC(N)=NCCc2nnc3ccccn23)c1. The number of nitrogens with two attached hydrogens (primary N) is 1. The maximum absolute atomic E-state index is 5.95. The Hall–Kier alpha value is -2.89. The van der Waals surface area contributed by atoms with Crippen LogP contribution in [0.5, 0.6) is 0 Å². The summed E-state index contributed by atoms with van der Waals surface area (Å²) in [6.45, 7) is 2.68. The van der Waals surface area contributed by atoms with Crippen molar-refractivity contribution in [2.24, 2.45) is 10.7 Å². The Balaban J connectivity index is 1.61. The van der Waals surface area contributed by atoms with Crippen molar-refractivity contribution < 1.29 is 0 Å². The van der Waals surface area contributed by atoms with Gasteiger partial charge >= 0.3 is 0 Å². The quantitative estimate of drug-likeness (QED) is 0.559. The fraction of sp³-hybridized carbons (Fsp3) is 0.235. The van der Waals surface area contributed by atoms with Crippen LogP contribution >= 0.6 is 0 Å². The Kier molecular flexibility index (Phi) is 4.52. The highest BCUT2D eigenvalue weighted by Crippen LogP contribution is 2.10. The Morgan fingerprint density at radius 1 is 1.22 bits per heavy atom. The van der Waals surface area contributed by atoms with Gasteiger partial charge in [-0.05, 0) is 36.2 Å². The van der Waals surface area contributed by atoms with E-state index in [9.17, 15) is 0 Å². The molecule has 0 bridgehead atoms. The number of aliphatic imine (C=N–C) groups is 1. The van der Waals surface area contributed by atoms with Crippen LogP contribution < -0.4 is 11.1 Å². The van der Waals surface area contributed by atoms with Gasteiger partial charge in [0.25, 0.3) is 0 Å². The van der Waals surface area contributed by atoms with Crippen LogP contribution in [0.25, 0.3) is 5.65 Å². The number of nitrogens with zero attached hydrogens (tertiary/aromatic N) is 4. The van der Waals surface area contributed by atoms with Gasteiger partial charge in [0.1, 0.15) is 5.82 Å². The normalized spacial score (nSPS) is 11.8. The number of rotatable bonds is 5. The summed E-state index contributed by atoms with van der Waals surface area (Å²) in [7, 11) is 0. The summed E-state index contributed by atoms with van der Waals surface area (Å²) < 4.78 is 1.96. The summed E-state index contributed by atoms with van der Waals surface area (Å²) in [6.07, 6.45) is 3.63. The Bertz CT molecular complexity index is 821. The van der Waals surface area contributed by atoms with Gasteiger partial charge in [0, 0.05) is 24.8 Å². The van der Waals surface area contributed by atoms with E-state index in [4.69, 9.17) is 5.73 Å². The van der Waals surface area contributed by atoms with Gasteiger partial charge in [-0.15, -0.1) is 10.2 Å². The van der Waals surface area contributed by atoms with Crippen LogP contribution in [0.1, 0.15) is 18.3 Å². The molecule has 0 saturated carbocycles. The van der Waals surface area contributed by atoms with Crippen LogP contribution in [0.2, 0.25) is 0 Å². The third-order valence-corrected chi connectivity index (χ3v) is 3.61. The predicted molar refractivity (Wildman–Crippen MR) is 92.6 cm³/mol. The van der Waals surface area contributed by atoms with Crippen molar-refractivity contribution in [1.82, 2.24) is 14.6 Å². The van der Waals surface area contributed by atoms with E-state index in [1.807, 2.05) is 40.9 Å². The number of nitrogens with one attached hydrogen (secondary N) is 1. The van der Waals surface area contributed by atoms with E-state index in [-0.39, 0.29) is 0 Å². The Morgan fingerprint density at radius 2 is 2.13 bits per heavy atom. The molecule has 0 atom stereocenters. The van der Waals surface area contributed by atoms with Gasteiger partial charge in [-0.1, -0.05) is 25.1 Å². The molecule has 0 unspecified atom stereocenters. The first kappa shape index (κ1) is 15.0. The second-order valence-electron chi connectivity index (χ2n) is 5.24. The van der Waals surface area contributed by atoms with Gasteiger partial charge in [-0.25, -0.2) is 0 Å². The molecule has 2 heterocycles. The topological polar surface area (TPSA) is 80.6 Å². The number of anilines is 1. The zero-order valence-electron chi connectivity index (χ0n) is 13.1. The number of hydrogen-bond donors (Lipinski definition) is 2. The first-order chi connectivity index (χ1) is 11.3. The van der Waals surface area contributed by atoms with E-state index in [1.165, 1.54) is 5.56 Å². The molecule has 1 aromatic carbocycles. The molecule has 0 saturated heterocycles. The Labute approximate surface area is 135 Å². The molecule has 0 aliphatic rings. The highest BCUT2D eigenvalue weighted by atomic mass is 15.2. The van der Waals surface area contributed by atoms with Crippen LogP contribution in [0.4, 0.5) is 5.69 Å². The molecule has 0 fully saturated rings. The smallest absolute Gasteiger partial charge is 0.193 e. The third-order valence-electron chi connectivity index (χ3n) is 3.61. The molecule has 3 rings (SSSR count). The number of benzene rings is 1. The minimum absolute atomic E-state index is 0.409. The molecule has 0 aliphatic carbocycles. The van der Waals surface area contributed by atoms with E-state index < -0.39 is 0 Å². The summed E-state index contributed by atoms with van der Waals surface area (Å²) >= 11 is 0. The molecule has 0 radical (unpaired) electrons. The summed E-state index contributed by atoms with van der Waals surface area (Å²) in [5.74, 6) is 1.29. The van der Waals surface area contributed by atoms with Crippen molar-refractivity contribution in [1.29, 1.82) is 0 Å². The standard InChI is InChI=1S/C17H20N6/c1-2-13-6-5-7-14(12-13)20-17(18)19-10-9-16-22-21-15-8-3-4-11-23(15)16/h3-8,11-12H,2,9-10H2,1H3,(H3,18,19,20). The van der Waals surface area contributed by atoms with Crippen molar-refractivity contribution in [2.75, 3.05) is 11.9 Å². The number of hydrogen-bond acceptors (Lipinski definition) is 3. The lowest BCUT2D eigenvalue weighted by atomic mass is 10.1. The third kappa shape index (κ3) is 3.66. The second-order valence-corrected chi connectivity index (χ2v) is 5.24. The zero-order chi connectivity index (χ0) is 16.1. The summed E-state index contributed by atoms with van der Waals surface area (Å²) in [4.78, 5) is 4.36. The molecule has 23 heavy (non-hydrogen) atoms. The van der Waals surface area contributed by atoms with Gasteiger partial charge in [0.15, 0.2) is 11.6 Å². The molecule has 118 valence electrons. The average Bonchev–Trinajstić information content (AvgIpc) is 2.98. The molecule has 6 nitrogen and oxygen atoms in total. The van der Waals surface area contributed by atoms with Gasteiger partial charge in [0.05, 0.1) is 0 Å². The highest BCUT2D eigenvalue weighted by molar-refractivity contribution is 5.92. The fourth-order valence-electron chi connectivity index (χ4n) is 2.39. The molecule has 0 amide bonds. The minimum Gasteiger partial charge on any atom is -0.370 e.